The third-order valence-corrected chi connectivity index (χ3v) is 3.99. The average Bonchev–Trinajstić information content (AvgIpc) is 2.77. The maximum absolute atomic E-state index is 12.3. The molecule has 1 aromatic rings. The van der Waals surface area contributed by atoms with Crippen LogP contribution in [0.25, 0.3) is 0 Å². The minimum absolute atomic E-state index is 0.00190. The third-order valence-electron chi connectivity index (χ3n) is 2.94. The molecule has 0 saturated heterocycles. The summed E-state index contributed by atoms with van der Waals surface area (Å²) in [6.07, 6.45) is 1.10. The van der Waals surface area contributed by atoms with Crippen molar-refractivity contribution in [1.29, 1.82) is 0 Å². The Bertz CT molecular complexity index is 497. The Morgan fingerprint density at radius 2 is 2.56 bits per heavy atom. The normalized spacial score (nSPS) is 20.5. The summed E-state index contributed by atoms with van der Waals surface area (Å²) in [6.45, 7) is 2.61. The lowest BCUT2D eigenvalue weighted by atomic mass is 10.1. The molecule has 2 heterocycles. The van der Waals surface area contributed by atoms with Gasteiger partial charge in [-0.2, -0.15) is 0 Å². The van der Waals surface area contributed by atoms with Crippen molar-refractivity contribution >= 4 is 29.5 Å². The van der Waals surface area contributed by atoms with E-state index in [1.807, 2.05) is 6.92 Å². The zero-order chi connectivity index (χ0) is 13.1. The molecular formula is C11H14N4O2S. The van der Waals surface area contributed by atoms with Gasteiger partial charge < -0.3 is 10.6 Å². The van der Waals surface area contributed by atoms with E-state index >= 15 is 0 Å². The first-order valence-corrected chi connectivity index (χ1v) is 6.48. The van der Waals surface area contributed by atoms with E-state index < -0.39 is 0 Å². The minimum atomic E-state index is -0.209. The van der Waals surface area contributed by atoms with Crippen molar-refractivity contribution in [3.8, 4) is 0 Å². The molecule has 18 heavy (non-hydrogen) atoms. The zero-order valence-corrected chi connectivity index (χ0v) is 10.8. The van der Waals surface area contributed by atoms with Crippen LogP contribution in [0.15, 0.2) is 10.5 Å². The number of nitrogens with two attached hydrogens (primary N) is 1. The molecule has 1 atom stereocenters. The predicted molar refractivity (Wildman–Crippen MR) is 68.5 cm³/mol. The number of amidine groups is 1. The number of carbonyl (C=O) groups is 2. The maximum atomic E-state index is 12.3. The van der Waals surface area contributed by atoms with Gasteiger partial charge in [0.15, 0.2) is 0 Å². The first kappa shape index (κ1) is 12.7. The van der Waals surface area contributed by atoms with Crippen LogP contribution < -0.4 is 5.73 Å². The molecule has 6 nitrogen and oxygen atoms in total. The Balaban J connectivity index is 2.17. The molecule has 0 bridgehead atoms. The highest BCUT2D eigenvalue weighted by Crippen LogP contribution is 2.28. The van der Waals surface area contributed by atoms with E-state index in [2.05, 4.69) is 9.98 Å². The number of carbonyl (C=O) groups excluding carboxylic acids is 2. The van der Waals surface area contributed by atoms with Crippen LogP contribution in [0.3, 0.4) is 0 Å². The number of fused-ring (bicyclic) bond motifs is 1. The van der Waals surface area contributed by atoms with Crippen LogP contribution in [-0.2, 0) is 16.0 Å². The minimum Gasteiger partial charge on any atom is -0.386 e. The highest BCUT2D eigenvalue weighted by molar-refractivity contribution is 7.10. The number of hydrogen-bond acceptors (Lipinski definition) is 4. The van der Waals surface area contributed by atoms with Gasteiger partial charge in [0.05, 0.1) is 23.7 Å². The Morgan fingerprint density at radius 3 is 3.28 bits per heavy atom. The number of hydrogen-bond donors (Lipinski definition) is 1. The van der Waals surface area contributed by atoms with E-state index in [0.29, 0.717) is 19.4 Å². The van der Waals surface area contributed by atoms with E-state index in [0.717, 1.165) is 10.6 Å². The Kier molecular flexibility index (Phi) is 3.71. The Hall–Kier alpha value is -1.76. The lowest BCUT2D eigenvalue weighted by Gasteiger charge is -2.22. The van der Waals surface area contributed by atoms with Crippen molar-refractivity contribution in [1.82, 2.24) is 9.88 Å². The molecule has 1 aliphatic rings. The molecule has 0 aliphatic carbocycles. The van der Waals surface area contributed by atoms with E-state index in [9.17, 15) is 9.59 Å². The van der Waals surface area contributed by atoms with Gasteiger partial charge in [0.2, 0.25) is 12.3 Å². The first-order valence-electron chi connectivity index (χ1n) is 5.60. The van der Waals surface area contributed by atoms with Crippen LogP contribution >= 0.6 is 11.3 Å². The van der Waals surface area contributed by atoms with Crippen molar-refractivity contribution in [2.75, 3.05) is 13.1 Å². The second kappa shape index (κ2) is 5.26. The van der Waals surface area contributed by atoms with Gasteiger partial charge in [-0.3, -0.25) is 9.59 Å². The van der Waals surface area contributed by atoms with Crippen molar-refractivity contribution in [2.45, 2.75) is 19.3 Å². The topological polar surface area (TPSA) is 88.6 Å². The predicted octanol–water partition coefficient (Wildman–Crippen LogP) is 0.145. The van der Waals surface area contributed by atoms with Gasteiger partial charge in [-0.15, -0.1) is 11.3 Å². The highest BCUT2D eigenvalue weighted by atomic mass is 32.1. The fraction of sp³-hybridized carbons (Fsp3) is 0.455. The number of rotatable bonds is 3. The second-order valence-corrected chi connectivity index (χ2v) is 5.01. The van der Waals surface area contributed by atoms with Crippen molar-refractivity contribution in [3.63, 3.8) is 0 Å². The van der Waals surface area contributed by atoms with Gasteiger partial charge in [0.1, 0.15) is 5.84 Å². The number of aliphatic imine (C=N–C) groups is 1. The number of amides is 2. The van der Waals surface area contributed by atoms with Gasteiger partial charge in [-0.25, -0.2) is 9.98 Å². The molecule has 2 amide bonds. The van der Waals surface area contributed by atoms with Gasteiger partial charge in [0.25, 0.3) is 0 Å². The molecule has 0 aromatic carbocycles. The molecule has 96 valence electrons. The van der Waals surface area contributed by atoms with Gasteiger partial charge in [-0.05, 0) is 6.92 Å². The molecule has 0 fully saturated rings. The summed E-state index contributed by atoms with van der Waals surface area (Å²) in [7, 11) is 0. The van der Waals surface area contributed by atoms with Crippen molar-refractivity contribution in [3.05, 3.63) is 16.1 Å². The Labute approximate surface area is 109 Å². The molecule has 0 saturated carbocycles. The van der Waals surface area contributed by atoms with Crippen LogP contribution in [0.4, 0.5) is 0 Å². The van der Waals surface area contributed by atoms with Gasteiger partial charge >= 0.3 is 0 Å². The maximum Gasteiger partial charge on any atom is 0.234 e. The number of nitrogens with zero attached hydrogens (tertiary/aromatic N) is 3. The van der Waals surface area contributed by atoms with Crippen molar-refractivity contribution < 1.29 is 9.59 Å². The molecule has 1 unspecified atom stereocenters. The van der Waals surface area contributed by atoms with Crippen LogP contribution in [0, 0.1) is 0 Å². The summed E-state index contributed by atoms with van der Waals surface area (Å²) >= 11 is 1.51. The van der Waals surface area contributed by atoms with E-state index in [-0.39, 0.29) is 24.2 Å². The van der Waals surface area contributed by atoms with E-state index in [1.54, 1.807) is 10.4 Å². The fourth-order valence-electron chi connectivity index (χ4n) is 2.02. The fourth-order valence-corrected chi connectivity index (χ4v) is 2.91. The summed E-state index contributed by atoms with van der Waals surface area (Å²) in [4.78, 5) is 32.9. The molecular weight excluding hydrogens is 252 g/mol. The van der Waals surface area contributed by atoms with Gasteiger partial charge in [-0.1, -0.05) is 0 Å². The second-order valence-electron chi connectivity index (χ2n) is 4.12. The van der Waals surface area contributed by atoms with Crippen LogP contribution in [0.5, 0.6) is 0 Å². The molecule has 2 N–H and O–H groups in total. The summed E-state index contributed by atoms with van der Waals surface area (Å²) < 4.78 is 0. The smallest absolute Gasteiger partial charge is 0.234 e. The molecule has 0 radical (unpaired) electrons. The molecule has 1 aromatic heterocycles. The standard InChI is InChI=1S/C11H14N4O2S/c1-7-10-8(14-6-18-10)2-3-15(11(7)17)4-9(12)13-5-16/h5-7H,2-4H2,1H3,(H2,12,13,16). The molecule has 1 aliphatic heterocycles. The van der Waals surface area contributed by atoms with Gasteiger partial charge in [0, 0.05) is 17.8 Å². The lowest BCUT2D eigenvalue weighted by molar-refractivity contribution is -0.131. The summed E-state index contributed by atoms with van der Waals surface area (Å²) in [6, 6.07) is 0. The van der Waals surface area contributed by atoms with Crippen LogP contribution in [0.1, 0.15) is 23.4 Å². The first-order chi connectivity index (χ1) is 8.63. The van der Waals surface area contributed by atoms with Crippen LogP contribution in [-0.4, -0.2) is 41.1 Å². The quantitative estimate of drug-likeness (QED) is 0.479. The molecule has 7 heteroatoms. The monoisotopic (exact) mass is 266 g/mol. The third kappa shape index (κ3) is 2.40. The van der Waals surface area contributed by atoms with E-state index in [1.165, 1.54) is 11.3 Å². The summed E-state index contributed by atoms with van der Waals surface area (Å²) in [5.74, 6) is -0.0511. The van der Waals surface area contributed by atoms with Crippen LogP contribution in [0.2, 0.25) is 0 Å². The molecule has 0 spiro atoms. The zero-order valence-electron chi connectivity index (χ0n) is 10.00. The average molecular weight is 266 g/mol. The summed E-state index contributed by atoms with van der Waals surface area (Å²) in [5.41, 5.74) is 8.32. The molecule has 2 rings (SSSR count). The number of thiazole rings is 1. The highest BCUT2D eigenvalue weighted by Gasteiger charge is 2.29. The Morgan fingerprint density at radius 1 is 1.78 bits per heavy atom. The largest absolute Gasteiger partial charge is 0.386 e. The lowest BCUT2D eigenvalue weighted by Crippen LogP contribution is -2.40. The van der Waals surface area contributed by atoms with Crippen molar-refractivity contribution in [2.24, 2.45) is 10.7 Å². The SMILES string of the molecule is CC1C(=O)N(CC(N)=NC=O)CCc2ncsc21. The number of aromatic nitrogens is 1. The summed E-state index contributed by atoms with van der Waals surface area (Å²) in [5, 5.41) is 0. The van der Waals surface area contributed by atoms with E-state index in [4.69, 9.17) is 5.73 Å².